The van der Waals surface area contributed by atoms with Crippen molar-refractivity contribution < 1.29 is 33.2 Å². The molecule has 2 fully saturated rings. The van der Waals surface area contributed by atoms with Crippen LogP contribution in [-0.2, 0) is 35.0 Å². The molecule has 3 heterocycles. The molecule has 0 bridgehead atoms. The van der Waals surface area contributed by atoms with Gasteiger partial charge in [-0.2, -0.15) is 0 Å². The second-order valence-corrected chi connectivity index (χ2v) is 13.8. The number of hydrogen-bond acceptors (Lipinski definition) is 8. The third-order valence-corrected chi connectivity index (χ3v) is 11.2. The van der Waals surface area contributed by atoms with Crippen molar-refractivity contribution in [2.24, 2.45) is 5.41 Å². The number of rotatable bonds is 9. The molecule has 0 saturated carbocycles. The molecule has 2 aliphatic heterocycles. The number of amides is 2. The highest BCUT2D eigenvalue weighted by Crippen LogP contribution is 2.46. The number of carbonyl (C=O) groups is 4. The van der Waals surface area contributed by atoms with Crippen molar-refractivity contribution in [2.45, 2.75) is 37.5 Å². The summed E-state index contributed by atoms with van der Waals surface area (Å²) in [6, 6.07) is 29.3. The maximum absolute atomic E-state index is 14.5. The lowest BCUT2D eigenvalue weighted by atomic mass is 9.81. The molecule has 0 radical (unpaired) electrons. The van der Waals surface area contributed by atoms with Gasteiger partial charge in [-0.15, -0.1) is 11.3 Å². The van der Waals surface area contributed by atoms with Crippen LogP contribution in [0.5, 0.6) is 0 Å². The fraction of sp³-hybridized carbons (Fsp3) is 0.257. The molecule has 6 rings (SSSR count). The van der Waals surface area contributed by atoms with Gasteiger partial charge in [-0.25, -0.2) is 4.79 Å². The first-order valence-electron chi connectivity index (χ1n) is 14.8. The van der Waals surface area contributed by atoms with Crippen LogP contribution in [0.2, 0.25) is 0 Å². The van der Waals surface area contributed by atoms with Gasteiger partial charge in [-0.05, 0) is 58.9 Å². The number of hydrogen-bond donors (Lipinski definition) is 0. The summed E-state index contributed by atoms with van der Waals surface area (Å²) in [6.45, 7) is 2.73. The number of nitrogens with zero attached hydrogens (tertiary/aromatic N) is 2. The normalized spacial score (nSPS) is 22.7. The van der Waals surface area contributed by atoms with E-state index in [1.807, 2.05) is 60.7 Å². The van der Waals surface area contributed by atoms with Crippen molar-refractivity contribution in [3.05, 3.63) is 125 Å². The van der Waals surface area contributed by atoms with E-state index in [0.717, 1.165) is 0 Å². The highest BCUT2D eigenvalue weighted by atomic mass is 32.2. The lowest BCUT2D eigenvalue weighted by Crippen LogP contribution is -2.80. The van der Waals surface area contributed by atoms with Gasteiger partial charge in [-0.3, -0.25) is 24.2 Å². The smallest absolute Gasteiger partial charge is 0.338 e. The number of esters is 2. The number of β-lactam (4-membered cyclic amide) rings is 1. The van der Waals surface area contributed by atoms with Crippen molar-refractivity contribution in [2.75, 3.05) is 17.2 Å². The lowest BCUT2D eigenvalue weighted by Gasteiger charge is -2.56. The monoisotopic (exact) mass is 656 g/mol. The fourth-order valence-electron chi connectivity index (χ4n) is 6.04. The van der Waals surface area contributed by atoms with Gasteiger partial charge >= 0.3 is 11.9 Å². The quantitative estimate of drug-likeness (QED) is 0.142. The van der Waals surface area contributed by atoms with Crippen molar-refractivity contribution in [1.29, 1.82) is 0 Å². The summed E-state index contributed by atoms with van der Waals surface area (Å²) in [5.41, 5.74) is 0.0496. The Bertz CT molecular complexity index is 1670. The zero-order chi connectivity index (χ0) is 32.4. The summed E-state index contributed by atoms with van der Waals surface area (Å²) in [5, 5.41) is 1.52. The Labute approximate surface area is 273 Å². The Kier molecular flexibility index (Phi) is 8.99. The van der Waals surface area contributed by atoms with Crippen LogP contribution in [-0.4, -0.2) is 63.0 Å². The SMILES string of the molecule is CC(=O)N(c1cccs1)C1C(=O)N2CC(C(=O)OC(c3ccccc3)c3ccccc3)(C(C)OC(=O)c3ccccc3)C[S+]([O-])[C@H]12. The third-order valence-electron chi connectivity index (χ3n) is 8.50. The number of carbonyl (C=O) groups excluding carboxylic acids is 4. The predicted octanol–water partition coefficient (Wildman–Crippen LogP) is 4.96. The number of thiophene rings is 1. The van der Waals surface area contributed by atoms with Crippen molar-refractivity contribution in [3.8, 4) is 0 Å². The molecule has 2 amide bonds. The van der Waals surface area contributed by atoms with Gasteiger partial charge in [0, 0.05) is 13.5 Å². The van der Waals surface area contributed by atoms with E-state index >= 15 is 0 Å². The maximum Gasteiger partial charge on any atom is 0.338 e. The third kappa shape index (κ3) is 5.81. The van der Waals surface area contributed by atoms with E-state index in [1.54, 1.807) is 54.8 Å². The second kappa shape index (κ2) is 13.1. The van der Waals surface area contributed by atoms with Gasteiger partial charge in [0.1, 0.15) is 11.9 Å². The Morgan fingerprint density at radius 3 is 2.04 bits per heavy atom. The van der Waals surface area contributed by atoms with E-state index in [2.05, 4.69) is 0 Å². The molecule has 1 aromatic heterocycles. The molecule has 4 unspecified atom stereocenters. The van der Waals surface area contributed by atoms with Gasteiger partial charge < -0.3 is 14.0 Å². The maximum atomic E-state index is 14.5. The first-order valence-corrected chi connectivity index (χ1v) is 17.1. The average molecular weight is 657 g/mol. The van der Waals surface area contributed by atoms with E-state index in [-0.39, 0.29) is 23.8 Å². The Hall–Kier alpha value is -4.45. The van der Waals surface area contributed by atoms with Crippen LogP contribution in [0.1, 0.15) is 41.4 Å². The van der Waals surface area contributed by atoms with E-state index in [0.29, 0.717) is 16.1 Å². The van der Waals surface area contributed by atoms with E-state index in [9.17, 15) is 23.7 Å². The van der Waals surface area contributed by atoms with Gasteiger partial charge in [-0.1, -0.05) is 78.9 Å². The molecule has 0 spiro atoms. The minimum absolute atomic E-state index is 0.201. The van der Waals surface area contributed by atoms with Crippen molar-refractivity contribution in [3.63, 3.8) is 0 Å². The molecule has 0 aliphatic carbocycles. The van der Waals surface area contributed by atoms with Crippen LogP contribution >= 0.6 is 11.3 Å². The molecule has 0 N–H and O–H groups in total. The van der Waals surface area contributed by atoms with Crippen molar-refractivity contribution in [1.82, 2.24) is 4.90 Å². The standard InChI is InChI=1S/C35H32N2O7S2/c1-23(43-33(40)27-17-10-5-11-18-27)35(34(41)44-30(25-13-6-3-7-14-25)26-15-8-4-9-16-26)21-36-31(39)29(32(36)46(42)22-35)37(24(2)38)28-19-12-20-45-28/h3-20,23,29-30,32H,21-22H2,1-2H3/t23?,29?,32-,35?,46?/m1/s1. The van der Waals surface area contributed by atoms with Gasteiger partial charge in [0.2, 0.25) is 11.3 Å². The van der Waals surface area contributed by atoms with Crippen LogP contribution in [0.3, 0.4) is 0 Å². The Balaban J connectivity index is 1.35. The van der Waals surface area contributed by atoms with Crippen molar-refractivity contribution >= 4 is 51.3 Å². The highest BCUT2D eigenvalue weighted by Gasteiger charge is 2.68. The molecule has 2 aliphatic rings. The molecule has 5 atom stereocenters. The molecular weight excluding hydrogens is 625 g/mol. The first-order chi connectivity index (χ1) is 22.2. The molecule has 9 nitrogen and oxygen atoms in total. The van der Waals surface area contributed by atoms with Gasteiger partial charge in [0.05, 0.1) is 10.6 Å². The van der Waals surface area contributed by atoms with Crippen LogP contribution in [0.4, 0.5) is 5.00 Å². The fourth-order valence-corrected chi connectivity index (χ4v) is 8.96. The molecule has 4 aromatic rings. The largest absolute Gasteiger partial charge is 0.615 e. The predicted molar refractivity (Wildman–Crippen MR) is 174 cm³/mol. The Morgan fingerprint density at radius 2 is 1.50 bits per heavy atom. The summed E-state index contributed by atoms with van der Waals surface area (Å²) in [5.74, 6) is -2.45. The van der Waals surface area contributed by atoms with E-state index in [4.69, 9.17) is 9.47 Å². The molecule has 236 valence electrons. The summed E-state index contributed by atoms with van der Waals surface area (Å²) < 4.78 is 26.3. The number of ether oxygens (including phenoxy) is 2. The average Bonchev–Trinajstić information content (AvgIpc) is 3.61. The number of fused-ring (bicyclic) bond motifs is 1. The van der Waals surface area contributed by atoms with Gasteiger partial charge in [0.25, 0.3) is 5.91 Å². The summed E-state index contributed by atoms with van der Waals surface area (Å²) in [7, 11) is 0. The second-order valence-electron chi connectivity index (χ2n) is 11.3. The molecule has 2 saturated heterocycles. The minimum atomic E-state index is -1.83. The zero-order valence-corrected chi connectivity index (χ0v) is 26.8. The molecule has 11 heteroatoms. The van der Waals surface area contributed by atoms with Crippen LogP contribution in [0, 0.1) is 5.41 Å². The lowest BCUT2D eigenvalue weighted by molar-refractivity contribution is -0.173. The van der Waals surface area contributed by atoms with Crippen LogP contribution < -0.4 is 4.90 Å². The van der Waals surface area contributed by atoms with Gasteiger partial charge in [0.15, 0.2) is 17.6 Å². The number of benzene rings is 3. The molecular formula is C35H32N2O7S2. The highest BCUT2D eigenvalue weighted by molar-refractivity contribution is 7.92. The van der Waals surface area contributed by atoms with E-state index < -0.39 is 58.1 Å². The van der Waals surface area contributed by atoms with Crippen LogP contribution in [0.25, 0.3) is 0 Å². The van der Waals surface area contributed by atoms with Crippen LogP contribution in [0.15, 0.2) is 109 Å². The van der Waals surface area contributed by atoms with E-state index in [1.165, 1.54) is 28.1 Å². The Morgan fingerprint density at radius 1 is 0.913 bits per heavy atom. The summed E-state index contributed by atoms with van der Waals surface area (Å²) >= 11 is -0.527. The summed E-state index contributed by atoms with van der Waals surface area (Å²) in [4.78, 5) is 57.0. The summed E-state index contributed by atoms with van der Waals surface area (Å²) in [6.07, 6.45) is -1.94. The topological polar surface area (TPSA) is 116 Å². The minimum Gasteiger partial charge on any atom is -0.615 e. The molecule has 3 aromatic carbocycles. The first kappa shape index (κ1) is 31.5. The number of anilines is 1. The zero-order valence-electron chi connectivity index (χ0n) is 25.2. The molecule has 46 heavy (non-hydrogen) atoms.